The summed E-state index contributed by atoms with van der Waals surface area (Å²) < 4.78 is 31.7. The summed E-state index contributed by atoms with van der Waals surface area (Å²) in [6.07, 6.45) is 1.10. The zero-order valence-corrected chi connectivity index (χ0v) is 32.9. The molecule has 2 aliphatic heterocycles. The van der Waals surface area contributed by atoms with Crippen LogP contribution in [0.1, 0.15) is 76.3 Å². The third kappa shape index (κ3) is 13.4. The number of benzene rings is 2. The first-order chi connectivity index (χ1) is 25.9. The molecule has 0 radical (unpaired) electrons. The number of likely N-dealkylation sites (tertiary alicyclic amines) is 2. The molecule has 0 saturated carbocycles. The Bertz CT molecular complexity index is 1620. The molecule has 2 heterocycles. The smallest absolute Gasteiger partial charge is 0.475 e. The van der Waals surface area contributed by atoms with Gasteiger partial charge in [-0.25, -0.2) is 4.79 Å². The molecule has 0 spiro atoms. The Balaban J connectivity index is 0.00000106. The fraction of sp³-hybridized carbons (Fsp3) is 0.564. The van der Waals surface area contributed by atoms with E-state index >= 15 is 0 Å². The van der Waals surface area contributed by atoms with Crippen LogP contribution in [-0.4, -0.2) is 96.0 Å². The molecule has 11 nitrogen and oxygen atoms in total. The van der Waals surface area contributed by atoms with E-state index in [0.29, 0.717) is 81.3 Å². The summed E-state index contributed by atoms with van der Waals surface area (Å²) in [5, 5.41) is 14.0. The predicted molar refractivity (Wildman–Crippen MR) is 204 cm³/mol. The van der Waals surface area contributed by atoms with Gasteiger partial charge in [-0.1, -0.05) is 72.9 Å². The van der Waals surface area contributed by atoms with E-state index in [9.17, 15) is 32.3 Å². The van der Waals surface area contributed by atoms with E-state index < -0.39 is 29.0 Å². The van der Waals surface area contributed by atoms with Crippen molar-refractivity contribution in [2.75, 3.05) is 39.3 Å². The number of aliphatic carboxylic acids is 1. The number of alkyl halides is 3. The molecule has 4 amide bonds. The number of halogens is 5. The van der Waals surface area contributed by atoms with Gasteiger partial charge in [0.25, 0.3) is 0 Å². The lowest BCUT2D eigenvalue weighted by Crippen LogP contribution is -2.59. The average Bonchev–Trinajstić information content (AvgIpc) is 3.15. The van der Waals surface area contributed by atoms with Crippen LogP contribution in [-0.2, 0) is 36.8 Å². The predicted octanol–water partition coefficient (Wildman–Crippen LogP) is 5.79. The van der Waals surface area contributed by atoms with Crippen molar-refractivity contribution in [3.05, 3.63) is 69.7 Å². The lowest BCUT2D eigenvalue weighted by Gasteiger charge is -2.43. The van der Waals surface area contributed by atoms with Crippen LogP contribution in [0.2, 0.25) is 10.0 Å². The number of carbonyl (C=O) groups is 5. The minimum Gasteiger partial charge on any atom is -0.475 e. The van der Waals surface area contributed by atoms with E-state index in [2.05, 4.69) is 10.6 Å². The minimum atomic E-state index is -5.08. The van der Waals surface area contributed by atoms with Crippen molar-refractivity contribution >= 4 is 52.8 Å². The number of carboxylic acid groups (broad SMARTS) is 1. The molecular formula is C39H52Cl2F3N5O6. The number of unbranched alkanes of at least 4 members (excludes halogenated alkanes) is 2. The quantitative estimate of drug-likeness (QED) is 0.176. The van der Waals surface area contributed by atoms with Crippen molar-refractivity contribution in [1.29, 1.82) is 0 Å². The van der Waals surface area contributed by atoms with Crippen LogP contribution in [0.5, 0.6) is 0 Å². The summed E-state index contributed by atoms with van der Waals surface area (Å²) in [5.41, 5.74) is 5.84. The van der Waals surface area contributed by atoms with Gasteiger partial charge in [-0.2, -0.15) is 13.2 Å². The van der Waals surface area contributed by atoms with Crippen molar-refractivity contribution < 1.29 is 42.3 Å². The van der Waals surface area contributed by atoms with Crippen molar-refractivity contribution in [2.45, 2.75) is 90.3 Å². The molecule has 1 unspecified atom stereocenters. The number of nitrogens with two attached hydrogens (primary N) is 1. The van der Waals surface area contributed by atoms with Gasteiger partial charge < -0.3 is 31.3 Å². The molecule has 2 aliphatic rings. The average molecular weight is 815 g/mol. The van der Waals surface area contributed by atoms with E-state index in [-0.39, 0.29) is 36.6 Å². The largest absolute Gasteiger partial charge is 0.490 e. The summed E-state index contributed by atoms with van der Waals surface area (Å²) in [4.78, 5) is 67.4. The lowest BCUT2D eigenvalue weighted by atomic mass is 9.74. The van der Waals surface area contributed by atoms with Crippen molar-refractivity contribution in [2.24, 2.45) is 16.6 Å². The summed E-state index contributed by atoms with van der Waals surface area (Å²) in [6.45, 7) is 6.65. The van der Waals surface area contributed by atoms with Gasteiger partial charge in [0.05, 0.1) is 15.5 Å². The lowest BCUT2D eigenvalue weighted by molar-refractivity contribution is -0.192. The maximum Gasteiger partial charge on any atom is 0.490 e. The van der Waals surface area contributed by atoms with Crippen LogP contribution in [0.25, 0.3) is 0 Å². The van der Waals surface area contributed by atoms with Gasteiger partial charge in [0.2, 0.25) is 23.6 Å². The van der Waals surface area contributed by atoms with Crippen LogP contribution in [0.3, 0.4) is 0 Å². The monoisotopic (exact) mass is 813 g/mol. The fourth-order valence-electron chi connectivity index (χ4n) is 6.95. The van der Waals surface area contributed by atoms with Gasteiger partial charge in [-0.15, -0.1) is 0 Å². The highest BCUT2D eigenvalue weighted by Gasteiger charge is 2.45. The summed E-state index contributed by atoms with van der Waals surface area (Å²) >= 11 is 12.5. The number of hydrogen-bond acceptors (Lipinski definition) is 6. The van der Waals surface area contributed by atoms with Gasteiger partial charge in [-0.3, -0.25) is 19.2 Å². The Morgan fingerprint density at radius 3 is 2.13 bits per heavy atom. The number of nitrogens with one attached hydrogen (secondary N) is 2. The maximum absolute atomic E-state index is 14.4. The van der Waals surface area contributed by atoms with Gasteiger partial charge >= 0.3 is 12.1 Å². The van der Waals surface area contributed by atoms with Crippen LogP contribution in [0.4, 0.5) is 13.2 Å². The third-order valence-corrected chi connectivity index (χ3v) is 11.0. The minimum absolute atomic E-state index is 0.0652. The molecule has 2 aromatic rings. The van der Waals surface area contributed by atoms with Gasteiger partial charge in [0.15, 0.2) is 0 Å². The van der Waals surface area contributed by atoms with Crippen LogP contribution in [0.15, 0.2) is 48.5 Å². The highest BCUT2D eigenvalue weighted by atomic mass is 35.5. The second-order valence-corrected chi connectivity index (χ2v) is 15.3. The molecule has 16 heteroatoms. The van der Waals surface area contributed by atoms with Crippen LogP contribution in [0, 0.1) is 10.8 Å². The van der Waals surface area contributed by atoms with Crippen LogP contribution < -0.4 is 16.4 Å². The van der Waals surface area contributed by atoms with E-state index in [1.54, 1.807) is 17.0 Å². The second kappa shape index (κ2) is 20.9. The Labute approximate surface area is 330 Å². The molecular weight excluding hydrogens is 762 g/mol. The normalized spacial score (nSPS) is 18.7. The number of nitrogens with zero attached hydrogens (tertiary/aromatic N) is 2. The molecule has 304 valence electrons. The number of piperidine rings is 2. The van der Waals surface area contributed by atoms with Crippen molar-refractivity contribution in [3.8, 4) is 0 Å². The first-order valence-corrected chi connectivity index (χ1v) is 19.3. The highest BCUT2D eigenvalue weighted by molar-refractivity contribution is 6.42. The standard InChI is InChI=1S/C37H51Cl2N5O4.C2HF3O2/c1-3-41-35(48)37(25-27-11-6-4-7-12-27)16-10-20-44(26-37)33(46)31(24-28-14-15-29(38)30(39)23-28)42-34(47)36(2)17-21-43(22-18-36)32(45)13-8-5-9-19-40;3-2(4,5)1(6)7/h4,6-7,11-12,14-15,23,31H,3,5,8-10,13,16-22,24-26,40H2,1-2H3,(H,41,48)(H,42,47);(H,6,7)/t31?,37-;/m0./s1. The third-order valence-electron chi connectivity index (χ3n) is 10.2. The molecule has 0 aliphatic carbocycles. The number of hydrogen-bond donors (Lipinski definition) is 4. The first-order valence-electron chi connectivity index (χ1n) is 18.6. The molecule has 2 saturated heterocycles. The molecule has 0 aromatic heterocycles. The van der Waals surface area contributed by atoms with E-state index in [0.717, 1.165) is 30.4 Å². The topological polar surface area (TPSA) is 162 Å². The maximum atomic E-state index is 14.4. The SMILES string of the molecule is CCNC(=O)[C@]1(Cc2ccccc2)CCCN(C(=O)C(Cc2ccc(Cl)c(Cl)c2)NC(=O)C2(C)CCN(C(=O)CCCCCN)CC2)C1.O=C(O)C(F)(F)F. The summed E-state index contributed by atoms with van der Waals surface area (Å²) in [6, 6.07) is 14.2. The fourth-order valence-corrected chi connectivity index (χ4v) is 7.27. The molecule has 0 bridgehead atoms. The van der Waals surface area contributed by atoms with Gasteiger partial charge in [-0.05, 0) is 81.7 Å². The molecule has 55 heavy (non-hydrogen) atoms. The molecule has 2 aromatic carbocycles. The summed E-state index contributed by atoms with van der Waals surface area (Å²) in [5.74, 6) is -3.16. The Kier molecular flexibility index (Phi) is 17.3. The Morgan fingerprint density at radius 1 is 0.891 bits per heavy atom. The van der Waals surface area contributed by atoms with Gasteiger partial charge in [0.1, 0.15) is 6.04 Å². The molecule has 5 N–H and O–H groups in total. The molecule has 4 rings (SSSR count). The number of carboxylic acids is 1. The Hall–Kier alpha value is -3.88. The Morgan fingerprint density at radius 2 is 1.55 bits per heavy atom. The number of rotatable bonds is 14. The van der Waals surface area contributed by atoms with E-state index in [1.165, 1.54) is 0 Å². The molecule has 2 atom stereocenters. The van der Waals surface area contributed by atoms with Crippen LogP contribution >= 0.6 is 23.2 Å². The number of carbonyl (C=O) groups excluding carboxylic acids is 4. The first kappa shape index (κ1) is 45.5. The molecule has 2 fully saturated rings. The zero-order chi connectivity index (χ0) is 40.8. The second-order valence-electron chi connectivity index (χ2n) is 14.5. The van der Waals surface area contributed by atoms with Crippen molar-refractivity contribution in [1.82, 2.24) is 20.4 Å². The highest BCUT2D eigenvalue weighted by Crippen LogP contribution is 2.36. The zero-order valence-electron chi connectivity index (χ0n) is 31.4. The van der Waals surface area contributed by atoms with E-state index in [1.807, 2.05) is 55.1 Å². The van der Waals surface area contributed by atoms with E-state index in [4.69, 9.17) is 38.8 Å². The van der Waals surface area contributed by atoms with Crippen molar-refractivity contribution in [3.63, 3.8) is 0 Å². The summed E-state index contributed by atoms with van der Waals surface area (Å²) in [7, 11) is 0. The number of amides is 4. The van der Waals surface area contributed by atoms with Gasteiger partial charge in [0, 0.05) is 51.0 Å².